The molecule has 3 aliphatic heterocycles. The standard InChI is InChI=1S/C26H26N6O2/c33-26(30-21-4-5-24(28-16-21)32-6-1-7-32)25-23-13-18(2-3-19(23)15-29-25)20-12-22(17-27-14-20)31-8-10-34-11-9-31/h2-5,12-14,16-17H,1,6-11,15H2,(H,30,33). The number of carbonyl (C=O) groups excluding carboxylic acids is 1. The number of amides is 1. The maximum Gasteiger partial charge on any atom is 0.274 e. The van der Waals surface area contributed by atoms with Gasteiger partial charge in [-0.1, -0.05) is 12.1 Å². The van der Waals surface area contributed by atoms with Crippen molar-refractivity contribution in [1.82, 2.24) is 9.97 Å². The summed E-state index contributed by atoms with van der Waals surface area (Å²) in [6, 6.07) is 12.2. The molecule has 0 bridgehead atoms. The van der Waals surface area contributed by atoms with Crippen LogP contribution in [-0.4, -0.2) is 61.0 Å². The Morgan fingerprint density at radius 1 is 0.912 bits per heavy atom. The van der Waals surface area contributed by atoms with Crippen LogP contribution >= 0.6 is 0 Å². The lowest BCUT2D eigenvalue weighted by Gasteiger charge is -2.31. The SMILES string of the molecule is O=C(Nc1ccc(N2CCC2)nc1)C1=NCc2ccc(-c3cncc(N4CCOCC4)c3)cc21. The highest BCUT2D eigenvalue weighted by molar-refractivity contribution is 6.49. The molecule has 3 aliphatic rings. The first-order chi connectivity index (χ1) is 16.7. The first-order valence-corrected chi connectivity index (χ1v) is 11.7. The summed E-state index contributed by atoms with van der Waals surface area (Å²) in [7, 11) is 0. The summed E-state index contributed by atoms with van der Waals surface area (Å²) < 4.78 is 5.47. The topological polar surface area (TPSA) is 83.0 Å². The van der Waals surface area contributed by atoms with Crippen molar-refractivity contribution >= 4 is 28.8 Å². The highest BCUT2D eigenvalue weighted by atomic mass is 16.5. The van der Waals surface area contributed by atoms with Crippen LogP contribution in [0.3, 0.4) is 0 Å². The average molecular weight is 455 g/mol. The Bertz CT molecular complexity index is 1250. The Morgan fingerprint density at radius 2 is 1.79 bits per heavy atom. The van der Waals surface area contributed by atoms with Gasteiger partial charge in [0.15, 0.2) is 0 Å². The quantitative estimate of drug-likeness (QED) is 0.638. The van der Waals surface area contributed by atoms with Crippen molar-refractivity contribution in [2.75, 3.05) is 54.5 Å². The van der Waals surface area contributed by atoms with Crippen LogP contribution in [0.5, 0.6) is 0 Å². The zero-order valence-electron chi connectivity index (χ0n) is 18.9. The molecule has 1 amide bonds. The Hall–Kier alpha value is -3.78. The van der Waals surface area contributed by atoms with E-state index in [9.17, 15) is 4.79 Å². The van der Waals surface area contributed by atoms with Crippen LogP contribution in [0.1, 0.15) is 17.5 Å². The first kappa shape index (κ1) is 20.8. The van der Waals surface area contributed by atoms with Crippen LogP contribution in [0.2, 0.25) is 0 Å². The molecule has 8 heteroatoms. The second kappa shape index (κ2) is 8.87. The van der Waals surface area contributed by atoms with Gasteiger partial charge in [0.1, 0.15) is 11.5 Å². The van der Waals surface area contributed by atoms with E-state index in [0.717, 1.165) is 73.2 Å². The van der Waals surface area contributed by atoms with Gasteiger partial charge in [-0.2, -0.15) is 0 Å². The van der Waals surface area contributed by atoms with Crippen molar-refractivity contribution < 1.29 is 9.53 Å². The Morgan fingerprint density at radius 3 is 2.56 bits per heavy atom. The molecule has 2 saturated heterocycles. The van der Waals surface area contributed by atoms with Gasteiger partial charge in [0, 0.05) is 43.5 Å². The van der Waals surface area contributed by atoms with Crippen LogP contribution in [0.4, 0.5) is 17.2 Å². The van der Waals surface area contributed by atoms with Gasteiger partial charge in [-0.25, -0.2) is 4.98 Å². The van der Waals surface area contributed by atoms with Gasteiger partial charge < -0.3 is 19.9 Å². The van der Waals surface area contributed by atoms with E-state index in [1.54, 1.807) is 6.20 Å². The molecule has 34 heavy (non-hydrogen) atoms. The third-order valence-electron chi connectivity index (χ3n) is 6.61. The summed E-state index contributed by atoms with van der Waals surface area (Å²) in [5.74, 6) is 0.736. The number of fused-ring (bicyclic) bond motifs is 1. The van der Waals surface area contributed by atoms with E-state index in [1.165, 1.54) is 6.42 Å². The maximum absolute atomic E-state index is 13.1. The van der Waals surface area contributed by atoms with Gasteiger partial charge in [0.2, 0.25) is 0 Å². The molecule has 8 nitrogen and oxygen atoms in total. The van der Waals surface area contributed by atoms with Crippen LogP contribution in [0.25, 0.3) is 11.1 Å². The van der Waals surface area contributed by atoms with E-state index in [0.29, 0.717) is 17.9 Å². The predicted molar refractivity (Wildman–Crippen MR) is 133 cm³/mol. The molecule has 0 saturated carbocycles. The third-order valence-corrected chi connectivity index (χ3v) is 6.61. The number of aromatic nitrogens is 2. The molecule has 6 rings (SSSR count). The van der Waals surface area contributed by atoms with Crippen molar-refractivity contribution in [1.29, 1.82) is 0 Å². The second-order valence-corrected chi connectivity index (χ2v) is 8.77. The number of nitrogens with zero attached hydrogens (tertiary/aromatic N) is 5. The molecule has 0 unspecified atom stereocenters. The molecular formula is C26H26N6O2. The van der Waals surface area contributed by atoms with Crippen LogP contribution < -0.4 is 15.1 Å². The van der Waals surface area contributed by atoms with Crippen molar-refractivity contribution in [2.24, 2.45) is 4.99 Å². The molecule has 2 fully saturated rings. The number of aliphatic imine (C=N–C) groups is 1. The number of morpholine rings is 1. The highest BCUT2D eigenvalue weighted by Gasteiger charge is 2.24. The molecule has 0 radical (unpaired) electrons. The predicted octanol–water partition coefficient (Wildman–Crippen LogP) is 3.13. The van der Waals surface area contributed by atoms with E-state index in [-0.39, 0.29) is 5.91 Å². The Kier molecular flexibility index (Phi) is 5.43. The Balaban J connectivity index is 1.21. The average Bonchev–Trinajstić information content (AvgIpc) is 3.28. The largest absolute Gasteiger partial charge is 0.378 e. The second-order valence-electron chi connectivity index (χ2n) is 8.77. The molecule has 1 N–H and O–H groups in total. The zero-order valence-corrected chi connectivity index (χ0v) is 18.9. The Labute approximate surface area is 198 Å². The van der Waals surface area contributed by atoms with Crippen LogP contribution in [0.15, 0.2) is 60.0 Å². The van der Waals surface area contributed by atoms with Gasteiger partial charge in [-0.3, -0.25) is 14.8 Å². The van der Waals surface area contributed by atoms with Crippen molar-refractivity contribution in [3.63, 3.8) is 0 Å². The van der Waals surface area contributed by atoms with Gasteiger partial charge in [0.25, 0.3) is 5.91 Å². The van der Waals surface area contributed by atoms with Crippen molar-refractivity contribution in [3.05, 3.63) is 66.1 Å². The molecule has 0 aliphatic carbocycles. The van der Waals surface area contributed by atoms with Gasteiger partial charge >= 0.3 is 0 Å². The minimum Gasteiger partial charge on any atom is -0.378 e. The lowest BCUT2D eigenvalue weighted by Crippen LogP contribution is -2.37. The zero-order chi connectivity index (χ0) is 22.9. The molecule has 0 spiro atoms. The molecule has 2 aromatic heterocycles. The fourth-order valence-electron chi connectivity index (χ4n) is 4.52. The van der Waals surface area contributed by atoms with E-state index in [1.807, 2.05) is 30.6 Å². The molecule has 3 aromatic rings. The number of carbonyl (C=O) groups is 1. The monoisotopic (exact) mass is 454 g/mol. The number of hydrogen-bond acceptors (Lipinski definition) is 7. The fourth-order valence-corrected chi connectivity index (χ4v) is 4.52. The van der Waals surface area contributed by atoms with Crippen molar-refractivity contribution in [3.8, 4) is 11.1 Å². The van der Waals surface area contributed by atoms with E-state index in [4.69, 9.17) is 4.74 Å². The minimum atomic E-state index is -0.213. The van der Waals surface area contributed by atoms with E-state index >= 15 is 0 Å². The number of benzene rings is 1. The summed E-state index contributed by atoms with van der Waals surface area (Å²) >= 11 is 0. The number of rotatable bonds is 5. The van der Waals surface area contributed by atoms with Crippen molar-refractivity contribution in [2.45, 2.75) is 13.0 Å². The number of nitrogens with one attached hydrogen (secondary N) is 1. The fraction of sp³-hybridized carbons (Fsp3) is 0.308. The third kappa shape index (κ3) is 4.01. The highest BCUT2D eigenvalue weighted by Crippen LogP contribution is 2.29. The lowest BCUT2D eigenvalue weighted by atomic mass is 9.98. The summed E-state index contributed by atoms with van der Waals surface area (Å²) in [4.78, 5) is 31.0. The summed E-state index contributed by atoms with van der Waals surface area (Å²) in [6.07, 6.45) is 6.67. The maximum atomic E-state index is 13.1. The molecule has 5 heterocycles. The number of anilines is 3. The van der Waals surface area contributed by atoms with Crippen LogP contribution in [0, 0.1) is 0 Å². The van der Waals surface area contributed by atoms with Gasteiger partial charge in [-0.05, 0) is 41.8 Å². The molecule has 1 aromatic carbocycles. The molecule has 0 atom stereocenters. The minimum absolute atomic E-state index is 0.213. The van der Waals surface area contributed by atoms with E-state index in [2.05, 4.69) is 48.3 Å². The molecular weight excluding hydrogens is 428 g/mol. The number of ether oxygens (including phenoxy) is 1. The van der Waals surface area contributed by atoms with Crippen LogP contribution in [-0.2, 0) is 16.1 Å². The van der Waals surface area contributed by atoms with E-state index < -0.39 is 0 Å². The number of pyridine rings is 2. The smallest absolute Gasteiger partial charge is 0.274 e. The molecule has 172 valence electrons. The number of hydrogen-bond donors (Lipinski definition) is 1. The normalized spacial score (nSPS) is 17.1. The summed E-state index contributed by atoms with van der Waals surface area (Å²) in [6.45, 7) is 5.78. The lowest BCUT2D eigenvalue weighted by molar-refractivity contribution is -0.110. The summed E-state index contributed by atoms with van der Waals surface area (Å²) in [5, 5.41) is 2.96. The van der Waals surface area contributed by atoms with Gasteiger partial charge in [0.05, 0.1) is 43.5 Å². The summed E-state index contributed by atoms with van der Waals surface area (Å²) in [5.41, 5.74) is 6.18. The van der Waals surface area contributed by atoms with Gasteiger partial charge in [-0.15, -0.1) is 0 Å². The first-order valence-electron chi connectivity index (χ1n) is 11.7.